The SMILES string of the molecule is CCC(CC)(CC(=O)O)NC(=O)CCc1ccc(C)cc1C. The summed E-state index contributed by atoms with van der Waals surface area (Å²) >= 11 is 0. The van der Waals surface area contributed by atoms with Gasteiger partial charge >= 0.3 is 5.97 Å². The third-order valence-electron chi connectivity index (χ3n) is 4.37. The van der Waals surface area contributed by atoms with Gasteiger partial charge in [0.1, 0.15) is 0 Å². The molecule has 1 rings (SSSR count). The smallest absolute Gasteiger partial charge is 0.305 e. The first-order chi connectivity index (χ1) is 10.3. The predicted octanol–water partition coefficient (Wildman–Crippen LogP) is 3.39. The van der Waals surface area contributed by atoms with E-state index in [0.29, 0.717) is 25.7 Å². The van der Waals surface area contributed by atoms with Gasteiger partial charge in [-0.25, -0.2) is 0 Å². The maximum absolute atomic E-state index is 12.2. The number of nitrogens with one attached hydrogen (secondary N) is 1. The van der Waals surface area contributed by atoms with Crippen LogP contribution in [0.5, 0.6) is 0 Å². The molecule has 0 saturated heterocycles. The van der Waals surface area contributed by atoms with Crippen molar-refractivity contribution in [3.63, 3.8) is 0 Å². The van der Waals surface area contributed by atoms with E-state index in [1.165, 1.54) is 11.1 Å². The first kappa shape index (κ1) is 18.2. The average molecular weight is 305 g/mol. The summed E-state index contributed by atoms with van der Waals surface area (Å²) in [6.07, 6.45) is 2.26. The highest BCUT2D eigenvalue weighted by atomic mass is 16.4. The van der Waals surface area contributed by atoms with E-state index in [0.717, 1.165) is 5.56 Å². The lowest BCUT2D eigenvalue weighted by molar-refractivity contribution is -0.139. The fourth-order valence-corrected chi connectivity index (χ4v) is 2.74. The summed E-state index contributed by atoms with van der Waals surface area (Å²) in [6, 6.07) is 6.22. The van der Waals surface area contributed by atoms with E-state index in [9.17, 15) is 9.59 Å². The molecule has 22 heavy (non-hydrogen) atoms. The van der Waals surface area contributed by atoms with E-state index in [-0.39, 0.29) is 12.3 Å². The molecule has 0 heterocycles. The van der Waals surface area contributed by atoms with Crippen LogP contribution in [-0.4, -0.2) is 22.5 Å². The molecule has 1 aromatic rings. The van der Waals surface area contributed by atoms with Crippen LogP contribution < -0.4 is 5.32 Å². The first-order valence-corrected chi connectivity index (χ1v) is 7.91. The zero-order chi connectivity index (χ0) is 16.8. The van der Waals surface area contributed by atoms with E-state index < -0.39 is 11.5 Å². The molecule has 0 unspecified atom stereocenters. The van der Waals surface area contributed by atoms with Crippen LogP contribution in [0.15, 0.2) is 18.2 Å². The maximum atomic E-state index is 12.2. The van der Waals surface area contributed by atoms with E-state index in [1.807, 2.05) is 33.8 Å². The Bertz CT molecular complexity index is 533. The number of rotatable bonds is 8. The number of carbonyl (C=O) groups excluding carboxylic acids is 1. The van der Waals surface area contributed by atoms with Gasteiger partial charge in [-0.15, -0.1) is 0 Å². The molecule has 0 aliphatic rings. The van der Waals surface area contributed by atoms with Crippen LogP contribution in [0.1, 0.15) is 56.2 Å². The highest BCUT2D eigenvalue weighted by molar-refractivity contribution is 5.78. The molecule has 0 radical (unpaired) electrons. The number of carbonyl (C=O) groups is 2. The lowest BCUT2D eigenvalue weighted by Crippen LogP contribution is -2.49. The normalized spacial score (nSPS) is 11.3. The molecular weight excluding hydrogens is 278 g/mol. The minimum Gasteiger partial charge on any atom is -0.481 e. The van der Waals surface area contributed by atoms with Crippen LogP contribution in [0, 0.1) is 13.8 Å². The molecule has 0 aromatic heterocycles. The monoisotopic (exact) mass is 305 g/mol. The molecule has 2 N–H and O–H groups in total. The molecule has 1 aromatic carbocycles. The number of carboxylic acid groups (broad SMARTS) is 1. The Balaban J connectivity index is 2.66. The zero-order valence-corrected chi connectivity index (χ0v) is 14.0. The lowest BCUT2D eigenvalue weighted by Gasteiger charge is -2.31. The van der Waals surface area contributed by atoms with Gasteiger partial charge in [0.25, 0.3) is 0 Å². The molecule has 122 valence electrons. The molecule has 0 bridgehead atoms. The highest BCUT2D eigenvalue weighted by Gasteiger charge is 2.30. The van der Waals surface area contributed by atoms with Crippen molar-refractivity contribution in [2.45, 2.75) is 65.3 Å². The lowest BCUT2D eigenvalue weighted by atomic mass is 9.88. The average Bonchev–Trinajstić information content (AvgIpc) is 2.45. The van der Waals surface area contributed by atoms with Crippen LogP contribution in [-0.2, 0) is 16.0 Å². The first-order valence-electron chi connectivity index (χ1n) is 7.91. The zero-order valence-electron chi connectivity index (χ0n) is 14.0. The third-order valence-corrected chi connectivity index (χ3v) is 4.37. The van der Waals surface area contributed by atoms with Crippen LogP contribution in [0.2, 0.25) is 0 Å². The number of aryl methyl sites for hydroxylation is 3. The number of benzene rings is 1. The molecule has 0 saturated carbocycles. The summed E-state index contributed by atoms with van der Waals surface area (Å²) < 4.78 is 0. The van der Waals surface area contributed by atoms with Crippen LogP contribution in [0.25, 0.3) is 0 Å². The molecular formula is C18H27NO3. The van der Waals surface area contributed by atoms with Crippen LogP contribution in [0.3, 0.4) is 0 Å². The highest BCUT2D eigenvalue weighted by Crippen LogP contribution is 2.20. The van der Waals surface area contributed by atoms with Crippen molar-refractivity contribution in [2.24, 2.45) is 0 Å². The van der Waals surface area contributed by atoms with Gasteiger partial charge in [-0.2, -0.15) is 0 Å². The predicted molar refractivity (Wildman–Crippen MR) is 87.9 cm³/mol. The summed E-state index contributed by atoms with van der Waals surface area (Å²) in [7, 11) is 0. The van der Waals surface area contributed by atoms with Crippen molar-refractivity contribution >= 4 is 11.9 Å². The van der Waals surface area contributed by atoms with Crippen molar-refractivity contribution in [3.05, 3.63) is 34.9 Å². The number of carboxylic acids is 1. The molecule has 0 aliphatic heterocycles. The largest absolute Gasteiger partial charge is 0.481 e. The van der Waals surface area contributed by atoms with Crippen LogP contribution in [0.4, 0.5) is 0 Å². The summed E-state index contributed by atoms with van der Waals surface area (Å²) in [6.45, 7) is 7.92. The van der Waals surface area contributed by atoms with E-state index in [4.69, 9.17) is 5.11 Å². The second kappa shape index (κ2) is 7.97. The number of aliphatic carboxylic acids is 1. The number of hydrogen-bond donors (Lipinski definition) is 2. The molecule has 0 atom stereocenters. The van der Waals surface area contributed by atoms with Gasteiger partial charge in [0.05, 0.1) is 6.42 Å². The van der Waals surface area contributed by atoms with Gasteiger partial charge in [0.15, 0.2) is 0 Å². The number of hydrogen-bond acceptors (Lipinski definition) is 2. The second-order valence-electron chi connectivity index (χ2n) is 6.04. The quantitative estimate of drug-likeness (QED) is 0.773. The minimum atomic E-state index is -0.877. The molecule has 4 nitrogen and oxygen atoms in total. The van der Waals surface area contributed by atoms with E-state index in [1.54, 1.807) is 0 Å². The molecule has 0 spiro atoms. The van der Waals surface area contributed by atoms with Crippen molar-refractivity contribution < 1.29 is 14.7 Å². The minimum absolute atomic E-state index is 0.0324. The van der Waals surface area contributed by atoms with Gasteiger partial charge in [-0.3, -0.25) is 9.59 Å². The topological polar surface area (TPSA) is 66.4 Å². The second-order valence-corrected chi connectivity index (χ2v) is 6.04. The molecule has 0 fully saturated rings. The van der Waals surface area contributed by atoms with Gasteiger partial charge in [-0.05, 0) is 44.2 Å². The Kier molecular flexibility index (Phi) is 6.60. The molecule has 0 aliphatic carbocycles. The Hall–Kier alpha value is -1.84. The molecule has 1 amide bonds. The number of amides is 1. The maximum Gasteiger partial charge on any atom is 0.305 e. The Labute approximate surface area is 132 Å². The van der Waals surface area contributed by atoms with Gasteiger partial charge in [-0.1, -0.05) is 37.6 Å². The third kappa shape index (κ3) is 5.17. The van der Waals surface area contributed by atoms with Crippen LogP contribution >= 0.6 is 0 Å². The Morgan fingerprint density at radius 1 is 1.18 bits per heavy atom. The van der Waals surface area contributed by atoms with Crippen molar-refractivity contribution in [2.75, 3.05) is 0 Å². The van der Waals surface area contributed by atoms with E-state index in [2.05, 4.69) is 17.4 Å². The van der Waals surface area contributed by atoms with Crippen molar-refractivity contribution in [3.8, 4) is 0 Å². The van der Waals surface area contributed by atoms with Gasteiger partial charge in [0.2, 0.25) is 5.91 Å². The summed E-state index contributed by atoms with van der Waals surface area (Å²) in [5.41, 5.74) is 2.93. The van der Waals surface area contributed by atoms with Crippen molar-refractivity contribution in [1.82, 2.24) is 5.32 Å². The van der Waals surface area contributed by atoms with Gasteiger partial charge in [0, 0.05) is 12.0 Å². The Morgan fingerprint density at radius 3 is 2.32 bits per heavy atom. The summed E-state index contributed by atoms with van der Waals surface area (Å²) in [5, 5.41) is 12.0. The Morgan fingerprint density at radius 2 is 1.82 bits per heavy atom. The summed E-state index contributed by atoms with van der Waals surface area (Å²) in [5.74, 6) is -0.955. The van der Waals surface area contributed by atoms with Gasteiger partial charge < -0.3 is 10.4 Å². The van der Waals surface area contributed by atoms with Crippen molar-refractivity contribution in [1.29, 1.82) is 0 Å². The molecule has 4 heteroatoms. The van der Waals surface area contributed by atoms with E-state index >= 15 is 0 Å². The fourth-order valence-electron chi connectivity index (χ4n) is 2.74. The fraction of sp³-hybridized carbons (Fsp3) is 0.556. The summed E-state index contributed by atoms with van der Waals surface area (Å²) in [4.78, 5) is 23.2. The standard InChI is InChI=1S/C18H27NO3/c1-5-18(6-2,12-17(21)22)19-16(20)10-9-15-8-7-13(3)11-14(15)4/h7-8,11H,5-6,9-10,12H2,1-4H3,(H,19,20)(H,21,22).